The molecule has 0 bridgehead atoms. The number of rotatable bonds is 9. The van der Waals surface area contributed by atoms with E-state index in [2.05, 4.69) is 60.7 Å². The normalized spacial score (nSPS) is 10.9. The zero-order valence-corrected chi connectivity index (χ0v) is 29.7. The first-order chi connectivity index (χ1) is 27.2. The molecule has 0 fully saturated rings. The molecule has 0 aliphatic rings. The molecule has 7 aromatic carbocycles. The molecule has 0 aliphatic heterocycles. The van der Waals surface area contributed by atoms with E-state index in [0.717, 1.165) is 61.6 Å². The molecule has 0 spiro atoms. The molecule has 0 unspecified atom stereocenters. The molecule has 9 rings (SSSR count). The molecule has 0 aliphatic carbocycles. The van der Waals surface area contributed by atoms with Gasteiger partial charge < -0.3 is 4.74 Å². The highest BCUT2D eigenvalue weighted by molar-refractivity contribution is 5.74. The zero-order chi connectivity index (χ0) is 36.8. The summed E-state index contributed by atoms with van der Waals surface area (Å²) in [6.45, 7) is 0. The van der Waals surface area contributed by atoms with Crippen molar-refractivity contribution in [3.05, 3.63) is 200 Å². The van der Waals surface area contributed by atoms with Crippen LogP contribution in [0.2, 0.25) is 0 Å². The molecule has 0 saturated heterocycles. The Labute approximate surface area is 319 Å². The molecule has 2 heterocycles. The first-order valence-corrected chi connectivity index (χ1v) is 18.1. The number of hydrogen-bond acceptors (Lipinski definition) is 6. The van der Waals surface area contributed by atoms with Gasteiger partial charge in [-0.1, -0.05) is 158 Å². The minimum absolute atomic E-state index is 0.596. The number of benzene rings is 7. The van der Waals surface area contributed by atoms with Crippen LogP contribution in [-0.4, -0.2) is 24.9 Å². The van der Waals surface area contributed by atoms with Crippen LogP contribution in [0.5, 0.6) is 11.5 Å². The number of hydrogen-bond donors (Lipinski definition) is 0. The third kappa shape index (κ3) is 7.52. The van der Waals surface area contributed by atoms with Gasteiger partial charge in [0.25, 0.3) is 0 Å². The van der Waals surface area contributed by atoms with Gasteiger partial charge in [-0.05, 0) is 53.6 Å². The maximum absolute atomic E-state index is 6.35. The van der Waals surface area contributed by atoms with E-state index in [9.17, 15) is 0 Å². The number of ether oxygens (including phenoxy) is 1. The average molecular weight is 708 g/mol. The van der Waals surface area contributed by atoms with Crippen molar-refractivity contribution in [2.24, 2.45) is 0 Å². The topological polar surface area (TPSA) is 73.7 Å². The lowest BCUT2D eigenvalue weighted by Crippen LogP contribution is -2.00. The molecule has 0 atom stereocenters. The van der Waals surface area contributed by atoms with Crippen LogP contribution in [-0.2, 0) is 0 Å². The van der Waals surface area contributed by atoms with Gasteiger partial charge in [0.2, 0.25) is 0 Å². The Balaban J connectivity index is 0.960. The second-order valence-corrected chi connectivity index (χ2v) is 13.0. The second kappa shape index (κ2) is 15.2. The van der Waals surface area contributed by atoms with Crippen LogP contribution in [0.1, 0.15) is 0 Å². The van der Waals surface area contributed by atoms with E-state index in [0.29, 0.717) is 29.0 Å². The van der Waals surface area contributed by atoms with Crippen LogP contribution in [0.15, 0.2) is 200 Å². The fourth-order valence-corrected chi connectivity index (χ4v) is 6.39. The van der Waals surface area contributed by atoms with Gasteiger partial charge in [0.15, 0.2) is 23.3 Å². The summed E-state index contributed by atoms with van der Waals surface area (Å²) in [4.78, 5) is 24.5. The maximum Gasteiger partial charge on any atom is 0.164 e. The Morgan fingerprint density at radius 3 is 1.07 bits per heavy atom. The number of nitrogens with zero attached hydrogens (tertiary/aromatic N) is 5. The smallest absolute Gasteiger partial charge is 0.164 e. The van der Waals surface area contributed by atoms with E-state index in [1.807, 2.05) is 140 Å². The fraction of sp³-hybridized carbons (Fsp3) is 0. The van der Waals surface area contributed by atoms with Crippen molar-refractivity contribution in [1.29, 1.82) is 0 Å². The van der Waals surface area contributed by atoms with Gasteiger partial charge in [-0.3, -0.25) is 0 Å². The molecule has 0 saturated carbocycles. The number of aromatic nitrogens is 5. The molecular weight excluding hydrogens is 675 g/mol. The Bertz CT molecular complexity index is 2570. The van der Waals surface area contributed by atoms with E-state index >= 15 is 0 Å². The first kappa shape index (κ1) is 33.3. The summed E-state index contributed by atoms with van der Waals surface area (Å²) in [5.41, 5.74) is 9.63. The van der Waals surface area contributed by atoms with Crippen LogP contribution < -0.4 is 4.74 Å². The minimum atomic E-state index is 0.596. The largest absolute Gasteiger partial charge is 0.457 e. The standard InChI is InChI=1S/C49H33N5O/c1-5-14-35(15-6-1)44-33-45(36-16-7-2-8-17-36)51-46(50-44)39-26-24-34(25-27-39)41-22-13-23-43(32-41)55-42-30-28-40(29-31-42)49-53-47(37-18-9-3-10-19-37)52-48(54-49)38-20-11-4-12-21-38/h1-33H. The van der Waals surface area contributed by atoms with E-state index < -0.39 is 0 Å². The molecule has 9 aromatic rings. The molecule has 0 amide bonds. The van der Waals surface area contributed by atoms with E-state index in [1.54, 1.807) is 0 Å². The molecule has 6 heteroatoms. The average Bonchev–Trinajstić information content (AvgIpc) is 3.28. The zero-order valence-electron chi connectivity index (χ0n) is 29.7. The molecule has 6 nitrogen and oxygen atoms in total. The Kier molecular flexibility index (Phi) is 9.19. The van der Waals surface area contributed by atoms with Crippen molar-refractivity contribution < 1.29 is 4.74 Å². The highest BCUT2D eigenvalue weighted by Gasteiger charge is 2.14. The Morgan fingerprint density at radius 2 is 0.600 bits per heavy atom. The quantitative estimate of drug-likeness (QED) is 0.149. The van der Waals surface area contributed by atoms with Gasteiger partial charge in [-0.25, -0.2) is 24.9 Å². The fourth-order valence-electron chi connectivity index (χ4n) is 6.39. The third-order valence-electron chi connectivity index (χ3n) is 9.22. The van der Waals surface area contributed by atoms with Crippen molar-refractivity contribution in [2.45, 2.75) is 0 Å². The van der Waals surface area contributed by atoms with Crippen molar-refractivity contribution in [3.63, 3.8) is 0 Å². The van der Waals surface area contributed by atoms with Crippen LogP contribution >= 0.6 is 0 Å². The van der Waals surface area contributed by atoms with Crippen LogP contribution in [0.25, 0.3) is 79.2 Å². The molecule has 260 valence electrons. The Hall–Kier alpha value is -7.57. The highest BCUT2D eigenvalue weighted by Crippen LogP contribution is 2.32. The maximum atomic E-state index is 6.35. The Morgan fingerprint density at radius 1 is 0.236 bits per heavy atom. The molecule has 0 radical (unpaired) electrons. The first-order valence-electron chi connectivity index (χ1n) is 18.1. The highest BCUT2D eigenvalue weighted by atomic mass is 16.5. The van der Waals surface area contributed by atoms with E-state index in [4.69, 9.17) is 29.7 Å². The minimum Gasteiger partial charge on any atom is -0.457 e. The van der Waals surface area contributed by atoms with E-state index in [-0.39, 0.29) is 0 Å². The van der Waals surface area contributed by atoms with Gasteiger partial charge in [0, 0.05) is 33.4 Å². The summed E-state index contributed by atoms with van der Waals surface area (Å²) in [5.74, 6) is 3.97. The lowest BCUT2D eigenvalue weighted by Gasteiger charge is -2.11. The summed E-state index contributed by atoms with van der Waals surface area (Å²) < 4.78 is 6.35. The summed E-state index contributed by atoms with van der Waals surface area (Å²) >= 11 is 0. The van der Waals surface area contributed by atoms with Crippen LogP contribution in [0, 0.1) is 0 Å². The SMILES string of the molecule is c1ccc(-c2cc(-c3ccccc3)nc(-c3ccc(-c4cccc(Oc5ccc(-c6nc(-c7ccccc7)nc(-c7ccccc7)n6)cc5)c4)cc3)n2)cc1. The predicted octanol–water partition coefficient (Wildman–Crippen LogP) is 12.1. The lowest BCUT2D eigenvalue weighted by atomic mass is 10.0. The van der Waals surface area contributed by atoms with Gasteiger partial charge in [0.1, 0.15) is 11.5 Å². The van der Waals surface area contributed by atoms with Gasteiger partial charge >= 0.3 is 0 Å². The van der Waals surface area contributed by atoms with Crippen molar-refractivity contribution >= 4 is 0 Å². The molecule has 55 heavy (non-hydrogen) atoms. The molecule has 2 aromatic heterocycles. The summed E-state index contributed by atoms with van der Waals surface area (Å²) in [6, 6.07) is 66.8. The van der Waals surface area contributed by atoms with Gasteiger partial charge in [-0.2, -0.15) is 0 Å². The van der Waals surface area contributed by atoms with Crippen molar-refractivity contribution in [2.75, 3.05) is 0 Å². The van der Waals surface area contributed by atoms with E-state index in [1.165, 1.54) is 0 Å². The molecule has 0 N–H and O–H groups in total. The van der Waals surface area contributed by atoms with Crippen molar-refractivity contribution in [1.82, 2.24) is 24.9 Å². The summed E-state index contributed by atoms with van der Waals surface area (Å²) in [5, 5.41) is 0. The molecular formula is C49H33N5O. The third-order valence-corrected chi connectivity index (χ3v) is 9.22. The predicted molar refractivity (Wildman–Crippen MR) is 220 cm³/mol. The summed E-state index contributed by atoms with van der Waals surface area (Å²) in [6.07, 6.45) is 0. The van der Waals surface area contributed by atoms with Crippen LogP contribution in [0.4, 0.5) is 0 Å². The monoisotopic (exact) mass is 707 g/mol. The summed E-state index contributed by atoms with van der Waals surface area (Å²) in [7, 11) is 0. The lowest BCUT2D eigenvalue weighted by molar-refractivity contribution is 0.483. The van der Waals surface area contributed by atoms with Gasteiger partial charge in [-0.15, -0.1) is 0 Å². The van der Waals surface area contributed by atoms with Crippen molar-refractivity contribution in [3.8, 4) is 90.7 Å². The second-order valence-electron chi connectivity index (χ2n) is 13.0. The van der Waals surface area contributed by atoms with Crippen LogP contribution in [0.3, 0.4) is 0 Å². The van der Waals surface area contributed by atoms with Gasteiger partial charge in [0.05, 0.1) is 11.4 Å².